The van der Waals surface area contributed by atoms with E-state index in [-0.39, 0.29) is 12.4 Å². The maximum Gasteiger partial charge on any atom is 0.254 e. The second-order valence-corrected chi connectivity index (χ2v) is 9.06. The molecule has 8 nitrogen and oxygen atoms in total. The Morgan fingerprint density at radius 3 is 2.31 bits per heavy atom. The third-order valence-electron chi connectivity index (χ3n) is 6.63. The van der Waals surface area contributed by atoms with Crippen LogP contribution in [0.15, 0.2) is 36.5 Å². The lowest BCUT2D eigenvalue weighted by Gasteiger charge is -2.35. The van der Waals surface area contributed by atoms with Gasteiger partial charge in [-0.3, -0.25) is 4.90 Å². The number of hydrogen-bond acceptors (Lipinski definition) is 7. The monoisotopic (exact) mass is 516 g/mol. The lowest BCUT2D eigenvalue weighted by atomic mass is 10.2. The Hall–Kier alpha value is -3.24. The Morgan fingerprint density at radius 2 is 1.61 bits per heavy atom. The minimum absolute atomic E-state index is 0. The van der Waals surface area contributed by atoms with Crippen LogP contribution in [0.5, 0.6) is 0 Å². The molecule has 192 valence electrons. The number of aromatic nitrogens is 4. The van der Waals surface area contributed by atoms with Crippen molar-refractivity contribution in [3.05, 3.63) is 59.4 Å². The molecule has 2 N–H and O–H groups in total. The predicted octanol–water partition coefficient (Wildman–Crippen LogP) is 3.69. The number of nitrogen functional groups attached to an aromatic ring is 1. The topological polar surface area (TPSA) is 79.3 Å². The summed E-state index contributed by atoms with van der Waals surface area (Å²) in [6.45, 7) is 7.81. The van der Waals surface area contributed by atoms with Gasteiger partial charge in [0.05, 0.1) is 11.9 Å². The molecule has 0 atom stereocenters. The van der Waals surface area contributed by atoms with Crippen molar-refractivity contribution in [2.75, 3.05) is 61.3 Å². The molecule has 11 heteroatoms. The van der Waals surface area contributed by atoms with E-state index in [0.29, 0.717) is 17.5 Å². The van der Waals surface area contributed by atoms with Crippen molar-refractivity contribution < 1.29 is 8.78 Å². The molecule has 0 aliphatic carbocycles. The summed E-state index contributed by atoms with van der Waals surface area (Å²) in [7, 11) is 0. The van der Waals surface area contributed by atoms with E-state index in [9.17, 15) is 8.78 Å². The Morgan fingerprint density at radius 1 is 0.917 bits per heavy atom. The lowest BCUT2D eigenvalue weighted by Crippen LogP contribution is -2.46. The number of nitrogens with two attached hydrogens (primary N) is 1. The van der Waals surface area contributed by atoms with E-state index in [1.54, 1.807) is 4.68 Å². The summed E-state index contributed by atoms with van der Waals surface area (Å²) in [5, 5.41) is 4.50. The highest BCUT2D eigenvalue weighted by molar-refractivity contribution is 5.85. The van der Waals surface area contributed by atoms with Crippen LogP contribution in [0, 0.1) is 18.6 Å². The molecule has 3 aromatic rings. The Kier molecular flexibility index (Phi) is 8.05. The number of rotatable bonds is 6. The normalized spacial score (nSPS) is 16.6. The van der Waals surface area contributed by atoms with Gasteiger partial charge in [-0.15, -0.1) is 12.4 Å². The van der Waals surface area contributed by atoms with E-state index in [1.807, 2.05) is 24.1 Å². The highest BCUT2D eigenvalue weighted by atomic mass is 35.5. The molecule has 5 rings (SSSR count). The lowest BCUT2D eigenvalue weighted by molar-refractivity contribution is 0.284. The second kappa shape index (κ2) is 11.2. The van der Waals surface area contributed by atoms with Gasteiger partial charge in [0.15, 0.2) is 0 Å². The molecule has 0 radical (unpaired) electrons. The first-order chi connectivity index (χ1) is 17.0. The first-order valence-electron chi connectivity index (χ1n) is 12.0. The third-order valence-corrected chi connectivity index (χ3v) is 6.63. The minimum Gasteiger partial charge on any atom is -0.383 e. The van der Waals surface area contributed by atoms with Crippen molar-refractivity contribution in [2.45, 2.75) is 19.8 Å². The molecule has 1 aromatic carbocycles. The van der Waals surface area contributed by atoms with Gasteiger partial charge in [-0.25, -0.2) is 13.5 Å². The molecular formula is C25H31ClF2N8. The molecule has 2 fully saturated rings. The Bertz CT molecular complexity index is 1200. The van der Waals surface area contributed by atoms with Gasteiger partial charge in [-0.2, -0.15) is 15.1 Å². The largest absolute Gasteiger partial charge is 0.383 e. The van der Waals surface area contributed by atoms with E-state index in [4.69, 9.17) is 10.7 Å². The minimum atomic E-state index is -0.544. The fraction of sp³-hybridized carbons (Fsp3) is 0.400. The molecule has 4 heterocycles. The third kappa shape index (κ3) is 5.76. The van der Waals surface area contributed by atoms with Crippen molar-refractivity contribution >= 4 is 35.8 Å². The summed E-state index contributed by atoms with van der Waals surface area (Å²) in [6, 6.07) is 5.49. The molecule has 0 saturated carbocycles. The summed E-state index contributed by atoms with van der Waals surface area (Å²) in [6.07, 6.45) is 8.30. The van der Waals surface area contributed by atoms with Gasteiger partial charge in [0, 0.05) is 69.2 Å². The van der Waals surface area contributed by atoms with E-state index in [0.717, 1.165) is 81.8 Å². The van der Waals surface area contributed by atoms with Crippen LogP contribution < -0.4 is 15.5 Å². The number of benzene rings is 1. The van der Waals surface area contributed by atoms with Gasteiger partial charge in [-0.1, -0.05) is 12.2 Å². The second-order valence-electron chi connectivity index (χ2n) is 9.06. The van der Waals surface area contributed by atoms with E-state index < -0.39 is 11.6 Å². The van der Waals surface area contributed by atoms with Crippen molar-refractivity contribution in [3.8, 4) is 5.95 Å². The van der Waals surface area contributed by atoms with Crippen LogP contribution in [0.3, 0.4) is 0 Å². The summed E-state index contributed by atoms with van der Waals surface area (Å²) in [4.78, 5) is 15.7. The molecule has 2 aromatic heterocycles. The molecule has 2 aliphatic heterocycles. The van der Waals surface area contributed by atoms with Crippen LogP contribution in [0.2, 0.25) is 0 Å². The van der Waals surface area contributed by atoms with Crippen molar-refractivity contribution in [1.29, 1.82) is 0 Å². The Labute approximate surface area is 215 Å². The molecule has 0 unspecified atom stereocenters. The highest BCUT2D eigenvalue weighted by Gasteiger charge is 2.19. The number of hydrogen-bond donors (Lipinski definition) is 1. The van der Waals surface area contributed by atoms with Crippen molar-refractivity contribution in [3.63, 3.8) is 0 Å². The molecule has 0 bridgehead atoms. The van der Waals surface area contributed by atoms with Crippen molar-refractivity contribution in [2.24, 2.45) is 0 Å². The van der Waals surface area contributed by atoms with Crippen molar-refractivity contribution in [1.82, 2.24) is 24.6 Å². The van der Waals surface area contributed by atoms with Gasteiger partial charge in [-0.05, 0) is 31.9 Å². The molecule has 0 amide bonds. The molecule has 2 saturated heterocycles. The zero-order valence-corrected chi connectivity index (χ0v) is 21.1. The van der Waals surface area contributed by atoms with Crippen LogP contribution >= 0.6 is 12.4 Å². The smallest absolute Gasteiger partial charge is 0.254 e. The maximum absolute atomic E-state index is 13.5. The summed E-state index contributed by atoms with van der Waals surface area (Å²) < 4.78 is 28.8. The average Bonchev–Trinajstić information content (AvgIpc) is 3.49. The van der Waals surface area contributed by atoms with Gasteiger partial charge in [0.2, 0.25) is 0 Å². The zero-order valence-electron chi connectivity index (χ0n) is 20.3. The SMILES string of the molecule is Cc1c(/C=C/CN2CCN(c3cc(F)cc(F)c3)CC2)cnn1-c1nc(N)cc(N2CCCC2)n1.Cl. The van der Waals surface area contributed by atoms with Crippen LogP contribution in [-0.4, -0.2) is 70.5 Å². The molecule has 36 heavy (non-hydrogen) atoms. The van der Waals surface area contributed by atoms with E-state index in [2.05, 4.69) is 32.0 Å². The van der Waals surface area contributed by atoms with Gasteiger partial charge in [0.1, 0.15) is 23.3 Å². The number of nitrogens with zero attached hydrogens (tertiary/aromatic N) is 7. The van der Waals surface area contributed by atoms with E-state index in [1.165, 1.54) is 12.1 Å². The standard InChI is InChI=1S/C25H30F2N8.ClH/c1-18-19(17-29-35(18)25-30-23(28)16-24(31-25)34-7-2-3-8-34)5-4-6-32-9-11-33(12-10-32)22-14-20(26)13-21(27)15-22;/h4-5,13-17H,2-3,6-12H2,1H3,(H2,28,30,31);1H/b5-4+;. The molecule has 2 aliphatic rings. The number of piperazine rings is 1. The fourth-order valence-electron chi connectivity index (χ4n) is 4.67. The van der Waals surface area contributed by atoms with Gasteiger partial charge < -0.3 is 15.5 Å². The predicted molar refractivity (Wildman–Crippen MR) is 141 cm³/mol. The van der Waals surface area contributed by atoms with Crippen LogP contribution in [0.25, 0.3) is 12.0 Å². The highest BCUT2D eigenvalue weighted by Crippen LogP contribution is 2.22. The van der Waals surface area contributed by atoms with Gasteiger partial charge >= 0.3 is 0 Å². The maximum atomic E-state index is 13.5. The van der Waals surface area contributed by atoms with Crippen LogP contribution in [0.1, 0.15) is 24.1 Å². The first kappa shape index (κ1) is 25.8. The number of anilines is 3. The average molecular weight is 517 g/mol. The fourth-order valence-corrected chi connectivity index (χ4v) is 4.67. The first-order valence-corrected chi connectivity index (χ1v) is 12.0. The van der Waals surface area contributed by atoms with E-state index >= 15 is 0 Å². The summed E-state index contributed by atoms with van der Waals surface area (Å²) in [5.74, 6) is 0.671. The Balaban J connectivity index is 0.00000304. The molecular weight excluding hydrogens is 486 g/mol. The van der Waals surface area contributed by atoms with Gasteiger partial charge in [0.25, 0.3) is 5.95 Å². The summed E-state index contributed by atoms with van der Waals surface area (Å²) >= 11 is 0. The summed E-state index contributed by atoms with van der Waals surface area (Å²) in [5.41, 5.74) is 8.60. The number of halogens is 3. The zero-order chi connectivity index (χ0) is 24.4. The quantitative estimate of drug-likeness (QED) is 0.535. The van der Waals surface area contributed by atoms with Crippen LogP contribution in [-0.2, 0) is 0 Å². The van der Waals surface area contributed by atoms with Crippen LogP contribution in [0.4, 0.5) is 26.1 Å². The molecule has 0 spiro atoms.